The second-order valence-electron chi connectivity index (χ2n) is 4.63. The Kier molecular flexibility index (Phi) is 3.18. The second kappa shape index (κ2) is 4.82. The van der Waals surface area contributed by atoms with E-state index in [-0.39, 0.29) is 5.56 Å². The minimum absolute atomic E-state index is 0.0370. The van der Waals surface area contributed by atoms with E-state index in [1.165, 1.54) is 6.42 Å². The van der Waals surface area contributed by atoms with E-state index in [4.69, 9.17) is 0 Å². The van der Waals surface area contributed by atoms with Crippen LogP contribution in [0.25, 0.3) is 10.9 Å². The van der Waals surface area contributed by atoms with E-state index in [1.807, 2.05) is 18.2 Å². The first-order valence-electron chi connectivity index (χ1n) is 6.13. The van der Waals surface area contributed by atoms with Gasteiger partial charge in [-0.1, -0.05) is 6.07 Å². The van der Waals surface area contributed by atoms with E-state index in [9.17, 15) is 4.79 Å². The van der Waals surface area contributed by atoms with Crippen LogP contribution in [0.2, 0.25) is 0 Å². The van der Waals surface area contributed by atoms with Crippen LogP contribution in [0.15, 0.2) is 33.8 Å². The summed E-state index contributed by atoms with van der Waals surface area (Å²) < 4.78 is 2.57. The summed E-state index contributed by atoms with van der Waals surface area (Å²) in [6.07, 6.45) is 3.96. The first kappa shape index (κ1) is 11.9. The third-order valence-corrected chi connectivity index (χ3v) is 4.02. The summed E-state index contributed by atoms with van der Waals surface area (Å²) in [5.41, 5.74) is 0.771. The molecule has 0 radical (unpaired) electrons. The highest BCUT2D eigenvalue weighted by Gasteiger charge is 2.16. The Morgan fingerprint density at radius 1 is 1.50 bits per heavy atom. The molecule has 4 nitrogen and oxygen atoms in total. The molecule has 0 aliphatic carbocycles. The van der Waals surface area contributed by atoms with Crippen LogP contribution in [-0.2, 0) is 6.54 Å². The lowest BCUT2D eigenvalue weighted by atomic mass is 10.2. The molecular formula is C13H14BrN3O. The van der Waals surface area contributed by atoms with Crippen molar-refractivity contribution >= 4 is 26.8 Å². The number of benzene rings is 1. The number of nitrogens with zero attached hydrogens (tertiary/aromatic N) is 2. The van der Waals surface area contributed by atoms with Crippen molar-refractivity contribution in [3.63, 3.8) is 0 Å². The molecular weight excluding hydrogens is 294 g/mol. The summed E-state index contributed by atoms with van der Waals surface area (Å²) in [6, 6.07) is 5.99. The lowest BCUT2D eigenvalue weighted by molar-refractivity contribution is 0.497. The zero-order valence-corrected chi connectivity index (χ0v) is 11.5. The van der Waals surface area contributed by atoms with Gasteiger partial charge in [0.15, 0.2) is 0 Å². The minimum atomic E-state index is 0.0370. The van der Waals surface area contributed by atoms with Gasteiger partial charge in [-0.2, -0.15) is 0 Å². The van der Waals surface area contributed by atoms with Crippen molar-refractivity contribution in [1.29, 1.82) is 0 Å². The van der Waals surface area contributed by atoms with Crippen LogP contribution in [0.1, 0.15) is 12.8 Å². The highest BCUT2D eigenvalue weighted by atomic mass is 79.9. The Bertz CT molecular complexity index is 632. The van der Waals surface area contributed by atoms with E-state index >= 15 is 0 Å². The Morgan fingerprint density at radius 3 is 3.17 bits per heavy atom. The number of nitrogens with one attached hydrogen (secondary N) is 1. The van der Waals surface area contributed by atoms with Gasteiger partial charge in [-0.15, -0.1) is 0 Å². The molecule has 1 unspecified atom stereocenters. The van der Waals surface area contributed by atoms with E-state index in [0.717, 1.165) is 23.0 Å². The molecule has 0 spiro atoms. The SMILES string of the molecule is O=c1c2cccc(Br)c2ncn1CC1CCCN1. The van der Waals surface area contributed by atoms with Gasteiger partial charge in [0.05, 0.1) is 17.2 Å². The molecule has 1 N–H and O–H groups in total. The molecule has 2 aromatic rings. The Hall–Kier alpha value is -1.20. The van der Waals surface area contributed by atoms with Crippen molar-refractivity contribution in [1.82, 2.24) is 14.9 Å². The summed E-state index contributed by atoms with van der Waals surface area (Å²) in [5, 5.41) is 4.07. The van der Waals surface area contributed by atoms with E-state index in [2.05, 4.69) is 26.2 Å². The zero-order chi connectivity index (χ0) is 12.5. The fraction of sp³-hybridized carbons (Fsp3) is 0.385. The molecule has 1 aromatic carbocycles. The van der Waals surface area contributed by atoms with Gasteiger partial charge in [-0.3, -0.25) is 9.36 Å². The number of para-hydroxylation sites is 1. The third-order valence-electron chi connectivity index (χ3n) is 3.38. The molecule has 0 saturated carbocycles. The van der Waals surface area contributed by atoms with Gasteiger partial charge in [-0.25, -0.2) is 4.98 Å². The van der Waals surface area contributed by atoms with Gasteiger partial charge < -0.3 is 5.32 Å². The van der Waals surface area contributed by atoms with Crippen molar-refractivity contribution in [2.24, 2.45) is 0 Å². The van der Waals surface area contributed by atoms with Gasteiger partial charge >= 0.3 is 0 Å². The van der Waals surface area contributed by atoms with Crippen LogP contribution in [-0.4, -0.2) is 22.1 Å². The van der Waals surface area contributed by atoms with Gasteiger partial charge in [0.25, 0.3) is 5.56 Å². The number of fused-ring (bicyclic) bond motifs is 1. The molecule has 2 heterocycles. The first-order valence-corrected chi connectivity index (χ1v) is 6.92. The first-order chi connectivity index (χ1) is 8.75. The Labute approximate surface area is 113 Å². The number of aromatic nitrogens is 2. The zero-order valence-electron chi connectivity index (χ0n) is 9.90. The summed E-state index contributed by atoms with van der Waals surface area (Å²) in [4.78, 5) is 16.7. The van der Waals surface area contributed by atoms with Crippen molar-refractivity contribution in [2.75, 3.05) is 6.54 Å². The predicted octanol–water partition coefficient (Wildman–Crippen LogP) is 1.91. The average molecular weight is 308 g/mol. The molecule has 18 heavy (non-hydrogen) atoms. The fourth-order valence-electron chi connectivity index (χ4n) is 2.43. The van der Waals surface area contributed by atoms with E-state index < -0.39 is 0 Å². The Morgan fingerprint density at radius 2 is 2.39 bits per heavy atom. The maximum absolute atomic E-state index is 12.3. The van der Waals surface area contributed by atoms with Gasteiger partial charge in [0.2, 0.25) is 0 Å². The molecule has 0 amide bonds. The van der Waals surface area contributed by atoms with Crippen LogP contribution >= 0.6 is 15.9 Å². The molecule has 1 aliphatic heterocycles. The predicted molar refractivity (Wildman–Crippen MR) is 74.7 cm³/mol. The van der Waals surface area contributed by atoms with Crippen LogP contribution in [0.5, 0.6) is 0 Å². The lowest BCUT2D eigenvalue weighted by Gasteiger charge is -2.12. The van der Waals surface area contributed by atoms with Crippen LogP contribution < -0.4 is 10.9 Å². The average Bonchev–Trinajstić information content (AvgIpc) is 2.86. The van der Waals surface area contributed by atoms with Crippen molar-refractivity contribution in [2.45, 2.75) is 25.4 Å². The standard InChI is InChI=1S/C13H14BrN3O/c14-11-5-1-4-10-12(11)16-8-17(13(10)18)7-9-3-2-6-15-9/h1,4-5,8-9,15H,2-3,6-7H2. The molecule has 1 saturated heterocycles. The summed E-state index contributed by atoms with van der Waals surface area (Å²) in [7, 11) is 0. The van der Waals surface area contributed by atoms with Crippen molar-refractivity contribution < 1.29 is 0 Å². The molecule has 1 atom stereocenters. The maximum atomic E-state index is 12.3. The lowest BCUT2D eigenvalue weighted by Crippen LogP contribution is -2.32. The van der Waals surface area contributed by atoms with E-state index in [1.54, 1.807) is 10.9 Å². The summed E-state index contributed by atoms with van der Waals surface area (Å²) >= 11 is 3.42. The van der Waals surface area contributed by atoms with Gasteiger partial charge in [-0.05, 0) is 47.4 Å². The smallest absolute Gasteiger partial charge is 0.261 e. The van der Waals surface area contributed by atoms with Gasteiger partial charge in [0, 0.05) is 17.1 Å². The molecule has 1 fully saturated rings. The van der Waals surface area contributed by atoms with Crippen molar-refractivity contribution in [3.8, 4) is 0 Å². The van der Waals surface area contributed by atoms with Crippen molar-refractivity contribution in [3.05, 3.63) is 39.4 Å². The number of halogens is 1. The van der Waals surface area contributed by atoms with Crippen LogP contribution in [0.3, 0.4) is 0 Å². The van der Waals surface area contributed by atoms with Crippen LogP contribution in [0, 0.1) is 0 Å². The highest BCUT2D eigenvalue weighted by molar-refractivity contribution is 9.10. The normalized spacial score (nSPS) is 19.5. The highest BCUT2D eigenvalue weighted by Crippen LogP contribution is 2.18. The van der Waals surface area contributed by atoms with Crippen LogP contribution in [0.4, 0.5) is 0 Å². The molecule has 3 rings (SSSR count). The molecule has 1 aromatic heterocycles. The molecule has 94 valence electrons. The number of hydrogen-bond donors (Lipinski definition) is 1. The topological polar surface area (TPSA) is 46.9 Å². The maximum Gasteiger partial charge on any atom is 0.261 e. The van der Waals surface area contributed by atoms with E-state index in [0.29, 0.717) is 18.0 Å². The minimum Gasteiger partial charge on any atom is -0.312 e. The van der Waals surface area contributed by atoms with Gasteiger partial charge in [0.1, 0.15) is 0 Å². The summed E-state index contributed by atoms with van der Waals surface area (Å²) in [5.74, 6) is 0. The molecule has 1 aliphatic rings. The fourth-order valence-corrected chi connectivity index (χ4v) is 2.90. The quantitative estimate of drug-likeness (QED) is 0.922. The molecule has 5 heteroatoms. The monoisotopic (exact) mass is 307 g/mol. The second-order valence-corrected chi connectivity index (χ2v) is 5.49. The third kappa shape index (κ3) is 2.08. The number of hydrogen-bond acceptors (Lipinski definition) is 3. The Balaban J connectivity index is 2.03. The largest absolute Gasteiger partial charge is 0.312 e. The summed E-state index contributed by atoms with van der Waals surface area (Å²) in [6.45, 7) is 1.75. The number of rotatable bonds is 2. The molecule has 0 bridgehead atoms.